The van der Waals surface area contributed by atoms with Crippen molar-refractivity contribution in [2.24, 2.45) is 0 Å². The molecule has 2 aromatic heterocycles. The first kappa shape index (κ1) is 19.7. The first-order valence-electron chi connectivity index (χ1n) is 9.07. The van der Waals surface area contributed by atoms with Gasteiger partial charge in [-0.3, -0.25) is 9.48 Å². The highest BCUT2D eigenvalue weighted by Gasteiger charge is 2.15. The Balaban J connectivity index is 1.38. The number of halogens is 2. The highest BCUT2D eigenvalue weighted by atomic mass is 35.5. The van der Waals surface area contributed by atoms with Crippen LogP contribution in [0.5, 0.6) is 5.75 Å². The Kier molecular flexibility index (Phi) is 5.76. The molecule has 0 bridgehead atoms. The lowest BCUT2D eigenvalue weighted by Crippen LogP contribution is -2.15. The second-order valence-corrected chi connectivity index (χ2v) is 6.84. The SMILES string of the molecule is O=C(Nc1nn(Cc2cccc(F)c2)cc1Cl)c1ccn(COc2ccccc2)n1. The van der Waals surface area contributed by atoms with E-state index < -0.39 is 5.91 Å². The first-order chi connectivity index (χ1) is 14.6. The van der Waals surface area contributed by atoms with Crippen molar-refractivity contribution in [2.75, 3.05) is 5.32 Å². The molecule has 4 rings (SSSR count). The van der Waals surface area contributed by atoms with E-state index in [1.807, 2.05) is 30.3 Å². The minimum absolute atomic E-state index is 0.167. The Bertz CT molecular complexity index is 1160. The molecule has 0 aliphatic rings. The van der Waals surface area contributed by atoms with E-state index in [2.05, 4.69) is 15.5 Å². The number of anilines is 1. The molecule has 9 heteroatoms. The van der Waals surface area contributed by atoms with Crippen molar-refractivity contribution in [3.63, 3.8) is 0 Å². The van der Waals surface area contributed by atoms with Gasteiger partial charge in [0.15, 0.2) is 18.2 Å². The molecule has 1 N–H and O–H groups in total. The fourth-order valence-corrected chi connectivity index (χ4v) is 2.97. The number of nitrogens with zero attached hydrogens (tertiary/aromatic N) is 4. The number of para-hydroxylation sites is 1. The molecule has 0 radical (unpaired) electrons. The van der Waals surface area contributed by atoms with Crippen molar-refractivity contribution in [3.05, 3.63) is 95.2 Å². The molecule has 0 aliphatic heterocycles. The molecule has 1 amide bonds. The van der Waals surface area contributed by atoms with Gasteiger partial charge in [0, 0.05) is 12.4 Å². The summed E-state index contributed by atoms with van der Waals surface area (Å²) in [6.45, 7) is 0.485. The normalized spacial score (nSPS) is 10.7. The van der Waals surface area contributed by atoms with Gasteiger partial charge >= 0.3 is 0 Å². The third-order valence-corrected chi connectivity index (χ3v) is 4.44. The summed E-state index contributed by atoms with van der Waals surface area (Å²) >= 11 is 6.18. The van der Waals surface area contributed by atoms with Crippen molar-refractivity contribution in [1.29, 1.82) is 0 Å². The van der Waals surface area contributed by atoms with E-state index in [0.717, 1.165) is 5.56 Å². The molecule has 0 aliphatic carbocycles. The highest BCUT2D eigenvalue weighted by Crippen LogP contribution is 2.21. The average molecular weight is 426 g/mol. The summed E-state index contributed by atoms with van der Waals surface area (Å²) in [4.78, 5) is 12.5. The maximum Gasteiger partial charge on any atom is 0.277 e. The topological polar surface area (TPSA) is 74.0 Å². The lowest BCUT2D eigenvalue weighted by atomic mass is 10.2. The Morgan fingerprint density at radius 1 is 1.07 bits per heavy atom. The molecular formula is C21H17ClFN5O2. The van der Waals surface area contributed by atoms with E-state index in [0.29, 0.717) is 12.3 Å². The van der Waals surface area contributed by atoms with Crippen molar-refractivity contribution in [3.8, 4) is 5.75 Å². The zero-order valence-corrected chi connectivity index (χ0v) is 16.5. The first-order valence-corrected chi connectivity index (χ1v) is 9.45. The number of hydrogen-bond donors (Lipinski definition) is 1. The van der Waals surface area contributed by atoms with Gasteiger partial charge < -0.3 is 10.1 Å². The molecule has 7 nitrogen and oxygen atoms in total. The lowest BCUT2D eigenvalue weighted by Gasteiger charge is -2.05. The van der Waals surface area contributed by atoms with Crippen LogP contribution in [0.15, 0.2) is 73.1 Å². The van der Waals surface area contributed by atoms with Crippen molar-refractivity contribution in [2.45, 2.75) is 13.3 Å². The van der Waals surface area contributed by atoms with E-state index in [-0.39, 0.29) is 29.1 Å². The predicted octanol–water partition coefficient (Wildman–Crippen LogP) is 4.21. The number of hydrogen-bond acceptors (Lipinski definition) is 4. The highest BCUT2D eigenvalue weighted by molar-refractivity contribution is 6.33. The molecular weight excluding hydrogens is 409 g/mol. The number of carbonyl (C=O) groups is 1. The molecule has 0 unspecified atom stereocenters. The van der Waals surface area contributed by atoms with E-state index in [9.17, 15) is 9.18 Å². The number of rotatable bonds is 7. The van der Waals surface area contributed by atoms with Crippen LogP contribution in [0, 0.1) is 5.82 Å². The van der Waals surface area contributed by atoms with Gasteiger partial charge in [0.05, 0.1) is 6.54 Å². The molecule has 0 fully saturated rings. The van der Waals surface area contributed by atoms with Gasteiger partial charge in [0.1, 0.15) is 16.6 Å². The second kappa shape index (κ2) is 8.79. The van der Waals surface area contributed by atoms with Gasteiger partial charge in [-0.15, -0.1) is 0 Å². The number of nitrogens with one attached hydrogen (secondary N) is 1. The predicted molar refractivity (Wildman–Crippen MR) is 110 cm³/mol. The number of carbonyl (C=O) groups excluding carboxylic acids is 1. The minimum Gasteiger partial charge on any atom is -0.471 e. The summed E-state index contributed by atoms with van der Waals surface area (Å²) in [5.41, 5.74) is 0.923. The van der Waals surface area contributed by atoms with Crippen LogP contribution in [0.4, 0.5) is 10.2 Å². The molecule has 0 saturated heterocycles. The molecule has 0 saturated carbocycles. The van der Waals surface area contributed by atoms with Gasteiger partial charge in [-0.2, -0.15) is 10.2 Å². The second-order valence-electron chi connectivity index (χ2n) is 6.43. The number of amides is 1. The van der Waals surface area contributed by atoms with E-state index >= 15 is 0 Å². The quantitative estimate of drug-likeness (QED) is 0.481. The Morgan fingerprint density at radius 2 is 1.90 bits per heavy atom. The van der Waals surface area contributed by atoms with Crippen LogP contribution in [0.25, 0.3) is 0 Å². The lowest BCUT2D eigenvalue weighted by molar-refractivity contribution is 0.101. The maximum absolute atomic E-state index is 13.3. The summed E-state index contributed by atoms with van der Waals surface area (Å²) < 4.78 is 22.0. The van der Waals surface area contributed by atoms with Crippen LogP contribution >= 0.6 is 11.6 Å². The third kappa shape index (κ3) is 4.84. The van der Waals surface area contributed by atoms with Crippen LogP contribution in [0.1, 0.15) is 16.1 Å². The molecule has 2 heterocycles. The van der Waals surface area contributed by atoms with Gasteiger partial charge in [0.25, 0.3) is 5.91 Å². The fraction of sp³-hybridized carbons (Fsp3) is 0.0952. The standard InChI is InChI=1S/C21H17ClFN5O2/c22-18-13-28(12-15-5-4-6-16(23)11-15)26-20(18)24-21(29)19-9-10-27(25-19)14-30-17-7-2-1-3-8-17/h1-11,13H,12,14H2,(H,24,26,29). The van der Waals surface area contributed by atoms with Crippen molar-refractivity contribution in [1.82, 2.24) is 19.6 Å². The van der Waals surface area contributed by atoms with Gasteiger partial charge in [-0.1, -0.05) is 41.9 Å². The molecule has 4 aromatic rings. The molecule has 30 heavy (non-hydrogen) atoms. The largest absolute Gasteiger partial charge is 0.471 e. The molecule has 2 aromatic carbocycles. The number of ether oxygens (including phenoxy) is 1. The molecule has 0 spiro atoms. The third-order valence-electron chi connectivity index (χ3n) is 4.16. The summed E-state index contributed by atoms with van der Waals surface area (Å²) in [6, 6.07) is 17.1. The van der Waals surface area contributed by atoms with Crippen molar-refractivity contribution >= 4 is 23.3 Å². The van der Waals surface area contributed by atoms with Crippen LogP contribution in [0.2, 0.25) is 5.02 Å². The minimum atomic E-state index is -0.452. The van der Waals surface area contributed by atoms with Crippen LogP contribution in [-0.4, -0.2) is 25.5 Å². The molecule has 152 valence electrons. The van der Waals surface area contributed by atoms with E-state index in [1.54, 1.807) is 30.6 Å². The fourth-order valence-electron chi connectivity index (χ4n) is 2.77. The zero-order valence-electron chi connectivity index (χ0n) is 15.7. The van der Waals surface area contributed by atoms with Crippen LogP contribution < -0.4 is 10.1 Å². The summed E-state index contributed by atoms with van der Waals surface area (Å²) in [6.07, 6.45) is 3.20. The van der Waals surface area contributed by atoms with Crippen LogP contribution in [0.3, 0.4) is 0 Å². The Labute approximate surface area is 176 Å². The number of benzene rings is 2. The summed E-state index contributed by atoms with van der Waals surface area (Å²) in [5.74, 6) is 0.125. The monoisotopic (exact) mass is 425 g/mol. The van der Waals surface area contributed by atoms with Gasteiger partial charge in [0.2, 0.25) is 0 Å². The van der Waals surface area contributed by atoms with Gasteiger partial charge in [-0.05, 0) is 35.9 Å². The Hall–Kier alpha value is -3.65. The Morgan fingerprint density at radius 3 is 2.70 bits per heavy atom. The van der Waals surface area contributed by atoms with Gasteiger partial charge in [-0.25, -0.2) is 9.07 Å². The van der Waals surface area contributed by atoms with Crippen LogP contribution in [-0.2, 0) is 13.3 Å². The molecule has 0 atom stereocenters. The van der Waals surface area contributed by atoms with E-state index in [1.165, 1.54) is 21.5 Å². The van der Waals surface area contributed by atoms with Crippen molar-refractivity contribution < 1.29 is 13.9 Å². The maximum atomic E-state index is 13.3. The number of aromatic nitrogens is 4. The van der Waals surface area contributed by atoms with E-state index in [4.69, 9.17) is 16.3 Å². The average Bonchev–Trinajstić information content (AvgIpc) is 3.34. The smallest absolute Gasteiger partial charge is 0.277 e. The summed E-state index contributed by atoms with van der Waals surface area (Å²) in [5, 5.41) is 11.4. The zero-order chi connectivity index (χ0) is 20.9. The summed E-state index contributed by atoms with van der Waals surface area (Å²) in [7, 11) is 0.